The van der Waals surface area contributed by atoms with Crippen molar-refractivity contribution in [3.8, 4) is 0 Å². The molecule has 0 saturated heterocycles. The smallest absolute Gasteiger partial charge is 0.212 e. The highest BCUT2D eigenvalue weighted by atomic mass is 35.5. The average Bonchev–Trinajstić information content (AvgIpc) is 2.50. The summed E-state index contributed by atoms with van der Waals surface area (Å²) in [5.74, 6) is -1.01. The molecule has 0 fully saturated rings. The predicted molar refractivity (Wildman–Crippen MR) is 84.6 cm³/mol. The lowest BCUT2D eigenvalue weighted by molar-refractivity contribution is 0.390. The second-order valence-corrected chi connectivity index (χ2v) is 7.68. The first-order valence-corrected chi connectivity index (χ1v) is 8.93. The van der Waals surface area contributed by atoms with Gasteiger partial charge in [-0.2, -0.15) is 4.31 Å². The third-order valence-electron chi connectivity index (χ3n) is 3.88. The number of hydrogen-bond donors (Lipinski definition) is 0. The highest BCUT2D eigenvalue weighted by Gasteiger charge is 2.28. The molecule has 0 atom stereocenters. The van der Waals surface area contributed by atoms with Gasteiger partial charge in [0.2, 0.25) is 10.0 Å². The largest absolute Gasteiger partial charge is 0.218 e. The van der Waals surface area contributed by atoms with Crippen LogP contribution in [-0.4, -0.2) is 19.3 Å². The van der Waals surface area contributed by atoms with Gasteiger partial charge in [0.1, 0.15) is 5.82 Å². The van der Waals surface area contributed by atoms with Crippen LogP contribution in [0.1, 0.15) is 16.7 Å². The van der Waals surface area contributed by atoms with Crippen molar-refractivity contribution in [1.29, 1.82) is 0 Å². The van der Waals surface area contributed by atoms with Gasteiger partial charge in [-0.1, -0.05) is 41.9 Å². The monoisotopic (exact) mass is 339 g/mol. The van der Waals surface area contributed by atoms with Gasteiger partial charge in [0, 0.05) is 23.7 Å². The van der Waals surface area contributed by atoms with Crippen molar-refractivity contribution in [1.82, 2.24) is 4.31 Å². The van der Waals surface area contributed by atoms with E-state index in [-0.39, 0.29) is 10.6 Å². The summed E-state index contributed by atoms with van der Waals surface area (Å²) >= 11 is 5.93. The summed E-state index contributed by atoms with van der Waals surface area (Å²) < 4.78 is 40.4. The van der Waals surface area contributed by atoms with Gasteiger partial charge in [-0.15, -0.1) is 0 Å². The Labute approximate surface area is 134 Å². The van der Waals surface area contributed by atoms with Gasteiger partial charge in [0.15, 0.2) is 0 Å². The minimum Gasteiger partial charge on any atom is -0.212 e. The number of halogens is 2. The summed E-state index contributed by atoms with van der Waals surface area (Å²) in [7, 11) is -3.62. The maximum atomic E-state index is 13.8. The van der Waals surface area contributed by atoms with Crippen molar-refractivity contribution in [2.75, 3.05) is 6.54 Å². The number of sulfonamides is 1. The maximum Gasteiger partial charge on any atom is 0.218 e. The number of hydrogen-bond acceptors (Lipinski definition) is 2. The Kier molecular flexibility index (Phi) is 4.21. The van der Waals surface area contributed by atoms with Gasteiger partial charge in [0.25, 0.3) is 0 Å². The molecule has 0 N–H and O–H groups in total. The van der Waals surface area contributed by atoms with Crippen molar-refractivity contribution < 1.29 is 12.8 Å². The Morgan fingerprint density at radius 2 is 1.82 bits per heavy atom. The van der Waals surface area contributed by atoms with E-state index in [2.05, 4.69) is 0 Å². The van der Waals surface area contributed by atoms with Crippen LogP contribution in [-0.2, 0) is 28.7 Å². The highest BCUT2D eigenvalue weighted by molar-refractivity contribution is 7.88. The van der Waals surface area contributed by atoms with Gasteiger partial charge < -0.3 is 0 Å². The standard InChI is InChI=1S/C16H15ClFNO2S/c17-15-6-3-7-16(18)14(15)11-22(20,21)19-9-8-12-4-1-2-5-13(12)10-19/h1-7H,8-11H2. The zero-order valence-corrected chi connectivity index (χ0v) is 13.4. The fourth-order valence-electron chi connectivity index (χ4n) is 2.65. The molecule has 0 bridgehead atoms. The van der Waals surface area contributed by atoms with Gasteiger partial charge in [-0.3, -0.25) is 0 Å². The second kappa shape index (κ2) is 5.99. The van der Waals surface area contributed by atoms with Crippen LogP contribution in [0.25, 0.3) is 0 Å². The van der Waals surface area contributed by atoms with Crippen molar-refractivity contribution in [3.63, 3.8) is 0 Å². The van der Waals surface area contributed by atoms with Gasteiger partial charge in [-0.05, 0) is 29.7 Å². The van der Waals surface area contributed by atoms with Crippen LogP contribution in [0.5, 0.6) is 0 Å². The molecule has 22 heavy (non-hydrogen) atoms. The molecule has 3 rings (SSSR count). The molecule has 0 spiro atoms. The van der Waals surface area contributed by atoms with Crippen LogP contribution in [0.3, 0.4) is 0 Å². The molecule has 1 aliphatic rings. The van der Waals surface area contributed by atoms with Crippen LogP contribution in [0.4, 0.5) is 4.39 Å². The Balaban J connectivity index is 1.86. The highest BCUT2D eigenvalue weighted by Crippen LogP contribution is 2.26. The Morgan fingerprint density at radius 1 is 1.09 bits per heavy atom. The lowest BCUT2D eigenvalue weighted by atomic mass is 10.0. The molecule has 0 aromatic heterocycles. The van der Waals surface area contributed by atoms with E-state index in [1.165, 1.54) is 22.5 Å². The molecule has 0 saturated carbocycles. The van der Waals surface area contributed by atoms with E-state index in [4.69, 9.17) is 11.6 Å². The third-order valence-corrected chi connectivity index (χ3v) is 5.98. The SMILES string of the molecule is O=S(=O)(Cc1c(F)cccc1Cl)N1CCc2ccccc2C1. The van der Waals surface area contributed by atoms with Crippen molar-refractivity contribution >= 4 is 21.6 Å². The Morgan fingerprint density at radius 3 is 2.55 bits per heavy atom. The predicted octanol–water partition coefficient (Wildman–Crippen LogP) is 3.37. The third kappa shape index (κ3) is 3.02. The molecular weight excluding hydrogens is 325 g/mol. The molecular formula is C16H15ClFNO2S. The summed E-state index contributed by atoms with van der Waals surface area (Å²) in [6.07, 6.45) is 0.667. The quantitative estimate of drug-likeness (QED) is 0.859. The van der Waals surface area contributed by atoms with Crippen LogP contribution >= 0.6 is 11.6 Å². The van der Waals surface area contributed by atoms with Gasteiger partial charge >= 0.3 is 0 Å². The molecule has 1 heterocycles. The number of fused-ring (bicyclic) bond motifs is 1. The molecule has 0 aliphatic carbocycles. The summed E-state index contributed by atoms with van der Waals surface area (Å²) in [5.41, 5.74) is 2.19. The molecule has 0 radical (unpaired) electrons. The topological polar surface area (TPSA) is 37.4 Å². The molecule has 116 valence electrons. The lowest BCUT2D eigenvalue weighted by Gasteiger charge is -2.28. The minimum atomic E-state index is -3.62. The van der Waals surface area contributed by atoms with E-state index < -0.39 is 21.6 Å². The van der Waals surface area contributed by atoms with Crippen LogP contribution < -0.4 is 0 Å². The van der Waals surface area contributed by atoms with E-state index >= 15 is 0 Å². The second-order valence-electron chi connectivity index (χ2n) is 5.31. The van der Waals surface area contributed by atoms with Crippen LogP contribution in [0, 0.1) is 5.82 Å². The molecule has 0 amide bonds. The van der Waals surface area contributed by atoms with E-state index in [1.54, 1.807) is 0 Å². The Hall–Kier alpha value is -1.43. The molecule has 6 heteroatoms. The van der Waals surface area contributed by atoms with Crippen LogP contribution in [0.15, 0.2) is 42.5 Å². The zero-order chi connectivity index (χ0) is 15.7. The van der Waals surface area contributed by atoms with Crippen molar-refractivity contribution in [2.24, 2.45) is 0 Å². The first-order valence-electron chi connectivity index (χ1n) is 6.95. The fraction of sp³-hybridized carbons (Fsp3) is 0.250. The average molecular weight is 340 g/mol. The van der Waals surface area contributed by atoms with E-state index in [0.29, 0.717) is 19.5 Å². The molecule has 2 aromatic rings. The number of benzene rings is 2. The summed E-state index contributed by atoms with van der Waals surface area (Å²) in [6, 6.07) is 12.0. The summed E-state index contributed by atoms with van der Waals surface area (Å²) in [6.45, 7) is 0.732. The first-order chi connectivity index (χ1) is 10.5. The number of rotatable bonds is 3. The first kappa shape index (κ1) is 15.5. The Bertz CT molecular complexity index is 787. The van der Waals surface area contributed by atoms with Gasteiger partial charge in [-0.25, -0.2) is 12.8 Å². The van der Waals surface area contributed by atoms with Crippen LogP contribution in [0.2, 0.25) is 5.02 Å². The van der Waals surface area contributed by atoms with Crippen molar-refractivity contribution in [2.45, 2.75) is 18.7 Å². The van der Waals surface area contributed by atoms with E-state index in [0.717, 1.165) is 11.1 Å². The van der Waals surface area contributed by atoms with E-state index in [1.807, 2.05) is 24.3 Å². The molecule has 1 aliphatic heterocycles. The zero-order valence-electron chi connectivity index (χ0n) is 11.8. The summed E-state index contributed by atoms with van der Waals surface area (Å²) in [4.78, 5) is 0. The normalized spacial score (nSPS) is 15.5. The van der Waals surface area contributed by atoms with E-state index in [9.17, 15) is 12.8 Å². The van der Waals surface area contributed by atoms with Crippen molar-refractivity contribution in [3.05, 3.63) is 70.0 Å². The fourth-order valence-corrected chi connectivity index (χ4v) is 4.51. The van der Waals surface area contributed by atoms with Gasteiger partial charge in [0.05, 0.1) is 5.75 Å². The number of nitrogens with zero attached hydrogens (tertiary/aromatic N) is 1. The lowest BCUT2D eigenvalue weighted by Crippen LogP contribution is -2.36. The summed E-state index contributed by atoms with van der Waals surface area (Å²) in [5, 5.41) is 0.140. The molecule has 2 aromatic carbocycles. The maximum absolute atomic E-state index is 13.8. The molecule has 0 unspecified atom stereocenters. The molecule has 3 nitrogen and oxygen atoms in total. The minimum absolute atomic E-state index is 0.0306.